The van der Waals surface area contributed by atoms with Gasteiger partial charge < -0.3 is 10.1 Å². The molecule has 0 aliphatic carbocycles. The summed E-state index contributed by atoms with van der Waals surface area (Å²) < 4.78 is 5.87. The Bertz CT molecular complexity index is 485. The number of nitrogens with zero attached hydrogens (tertiary/aromatic N) is 3. The van der Waals surface area contributed by atoms with Crippen molar-refractivity contribution in [3.63, 3.8) is 0 Å². The van der Waals surface area contributed by atoms with Crippen LogP contribution in [-0.4, -0.2) is 48.3 Å². The van der Waals surface area contributed by atoms with Crippen molar-refractivity contribution in [3.05, 3.63) is 23.9 Å². The number of morpholine rings is 1. The Morgan fingerprint density at radius 3 is 3.42 bits per heavy atom. The maximum atomic E-state index is 8.84. The first-order valence-electron chi connectivity index (χ1n) is 6.81. The first-order chi connectivity index (χ1) is 9.35. The quantitative estimate of drug-likeness (QED) is 0.883. The fourth-order valence-electron chi connectivity index (χ4n) is 2.82. The molecule has 5 nitrogen and oxygen atoms in total. The molecular weight excluding hydrogens is 240 g/mol. The molecule has 1 aromatic heterocycles. The van der Waals surface area contributed by atoms with Crippen LogP contribution < -0.4 is 5.32 Å². The van der Waals surface area contributed by atoms with Gasteiger partial charge in [-0.1, -0.05) is 0 Å². The van der Waals surface area contributed by atoms with Gasteiger partial charge in [-0.15, -0.1) is 0 Å². The summed E-state index contributed by atoms with van der Waals surface area (Å²) in [5.41, 5.74) is 0.627. The molecule has 100 valence electrons. The van der Waals surface area contributed by atoms with Gasteiger partial charge >= 0.3 is 0 Å². The van der Waals surface area contributed by atoms with Crippen molar-refractivity contribution in [2.75, 3.05) is 31.6 Å². The summed E-state index contributed by atoms with van der Waals surface area (Å²) in [5, 5.41) is 12.1. The van der Waals surface area contributed by atoms with E-state index in [0.29, 0.717) is 11.6 Å². The Kier molecular flexibility index (Phi) is 3.62. The molecule has 0 amide bonds. The second-order valence-electron chi connectivity index (χ2n) is 5.17. The molecule has 1 N–H and O–H groups in total. The van der Waals surface area contributed by atoms with Gasteiger partial charge in [-0.3, -0.25) is 4.90 Å². The number of nitrogens with one attached hydrogen (secondary N) is 1. The van der Waals surface area contributed by atoms with Crippen LogP contribution in [0.2, 0.25) is 0 Å². The third-order valence-electron chi connectivity index (χ3n) is 3.86. The lowest BCUT2D eigenvalue weighted by molar-refractivity contribution is -0.0416. The van der Waals surface area contributed by atoms with Crippen molar-refractivity contribution >= 4 is 5.82 Å². The van der Waals surface area contributed by atoms with Crippen LogP contribution in [0.4, 0.5) is 5.82 Å². The smallest absolute Gasteiger partial charge is 0.127 e. The van der Waals surface area contributed by atoms with Crippen LogP contribution in [0.15, 0.2) is 18.3 Å². The van der Waals surface area contributed by atoms with Crippen LogP contribution in [0.3, 0.4) is 0 Å². The number of rotatable bonds is 3. The minimum atomic E-state index is 0.210. The van der Waals surface area contributed by atoms with Gasteiger partial charge in [0.1, 0.15) is 5.82 Å². The number of fused-ring (bicyclic) bond motifs is 1. The maximum Gasteiger partial charge on any atom is 0.127 e. The summed E-state index contributed by atoms with van der Waals surface area (Å²) in [6.07, 6.45) is 4.42. The topological polar surface area (TPSA) is 61.2 Å². The van der Waals surface area contributed by atoms with E-state index in [4.69, 9.17) is 10.00 Å². The summed E-state index contributed by atoms with van der Waals surface area (Å²) in [7, 11) is 0. The first kappa shape index (κ1) is 12.4. The third-order valence-corrected chi connectivity index (χ3v) is 3.86. The molecule has 1 aromatic rings. The Hall–Kier alpha value is -1.64. The first-order valence-corrected chi connectivity index (χ1v) is 6.81. The molecule has 3 rings (SSSR count). The largest absolute Gasteiger partial charge is 0.373 e. The standard InChI is InChI=1S/C14H18N4O/c15-7-11-3-4-16-14(6-11)17-8-13-9-18-5-1-2-12(18)10-19-13/h3-4,6,12-13H,1-2,5,8-10H2,(H,16,17). The highest BCUT2D eigenvalue weighted by molar-refractivity contribution is 5.42. The zero-order chi connectivity index (χ0) is 13.1. The maximum absolute atomic E-state index is 8.84. The Morgan fingerprint density at radius 1 is 1.58 bits per heavy atom. The van der Waals surface area contributed by atoms with Gasteiger partial charge in [0.25, 0.3) is 0 Å². The summed E-state index contributed by atoms with van der Waals surface area (Å²) in [4.78, 5) is 6.73. The number of pyridine rings is 1. The molecule has 0 saturated carbocycles. The van der Waals surface area contributed by atoms with Gasteiger partial charge in [-0.2, -0.15) is 5.26 Å². The number of nitriles is 1. The van der Waals surface area contributed by atoms with E-state index in [2.05, 4.69) is 21.3 Å². The molecule has 5 heteroatoms. The van der Waals surface area contributed by atoms with Crippen molar-refractivity contribution in [2.45, 2.75) is 25.0 Å². The van der Waals surface area contributed by atoms with Crippen LogP contribution in [0, 0.1) is 11.3 Å². The average Bonchev–Trinajstić information content (AvgIpc) is 2.93. The average molecular weight is 258 g/mol. The lowest BCUT2D eigenvalue weighted by Gasteiger charge is -2.35. The highest BCUT2D eigenvalue weighted by Crippen LogP contribution is 2.22. The van der Waals surface area contributed by atoms with Crippen molar-refractivity contribution in [1.29, 1.82) is 5.26 Å². The molecule has 2 aliphatic rings. The van der Waals surface area contributed by atoms with Gasteiger partial charge in [0.15, 0.2) is 0 Å². The predicted molar refractivity (Wildman–Crippen MR) is 71.8 cm³/mol. The van der Waals surface area contributed by atoms with Crippen molar-refractivity contribution < 1.29 is 4.74 Å². The minimum absolute atomic E-state index is 0.210. The number of ether oxygens (including phenoxy) is 1. The Balaban J connectivity index is 1.53. The zero-order valence-electron chi connectivity index (χ0n) is 10.9. The molecule has 3 heterocycles. The van der Waals surface area contributed by atoms with Gasteiger partial charge in [-0.25, -0.2) is 4.98 Å². The fraction of sp³-hybridized carbons (Fsp3) is 0.571. The van der Waals surface area contributed by atoms with Gasteiger partial charge in [0.2, 0.25) is 0 Å². The van der Waals surface area contributed by atoms with Crippen LogP contribution in [0.5, 0.6) is 0 Å². The van der Waals surface area contributed by atoms with E-state index in [9.17, 15) is 0 Å². The number of hydrogen-bond donors (Lipinski definition) is 1. The molecule has 2 saturated heterocycles. The molecular formula is C14H18N4O. The number of hydrogen-bond acceptors (Lipinski definition) is 5. The number of anilines is 1. The van der Waals surface area contributed by atoms with E-state index in [1.54, 1.807) is 18.3 Å². The van der Waals surface area contributed by atoms with Crippen molar-refractivity contribution in [3.8, 4) is 6.07 Å². The zero-order valence-corrected chi connectivity index (χ0v) is 10.9. The van der Waals surface area contributed by atoms with E-state index >= 15 is 0 Å². The SMILES string of the molecule is N#Cc1ccnc(NCC2CN3CCCC3CO2)c1. The highest BCUT2D eigenvalue weighted by atomic mass is 16.5. The third kappa shape index (κ3) is 2.86. The molecule has 0 spiro atoms. The summed E-state index contributed by atoms with van der Waals surface area (Å²) in [6.45, 7) is 3.78. The van der Waals surface area contributed by atoms with Crippen molar-refractivity contribution in [1.82, 2.24) is 9.88 Å². The molecule has 0 aromatic carbocycles. The van der Waals surface area contributed by atoms with Crippen LogP contribution in [0.25, 0.3) is 0 Å². The Morgan fingerprint density at radius 2 is 2.53 bits per heavy atom. The molecule has 2 fully saturated rings. The molecule has 0 radical (unpaired) electrons. The van der Waals surface area contributed by atoms with Gasteiger partial charge in [0, 0.05) is 25.3 Å². The Labute approximate surface area is 113 Å². The van der Waals surface area contributed by atoms with Gasteiger partial charge in [0.05, 0.1) is 24.3 Å². The predicted octanol–water partition coefficient (Wildman–Crippen LogP) is 1.23. The highest BCUT2D eigenvalue weighted by Gasteiger charge is 2.31. The second-order valence-corrected chi connectivity index (χ2v) is 5.17. The lowest BCUT2D eigenvalue weighted by Crippen LogP contribution is -2.48. The lowest BCUT2D eigenvalue weighted by atomic mass is 10.2. The molecule has 2 aliphatic heterocycles. The normalized spacial score (nSPS) is 26.7. The van der Waals surface area contributed by atoms with Crippen molar-refractivity contribution in [2.24, 2.45) is 0 Å². The fourth-order valence-corrected chi connectivity index (χ4v) is 2.82. The minimum Gasteiger partial charge on any atom is -0.373 e. The van der Waals surface area contributed by atoms with E-state index in [1.807, 2.05) is 0 Å². The summed E-state index contributed by atoms with van der Waals surface area (Å²) >= 11 is 0. The van der Waals surface area contributed by atoms with E-state index in [1.165, 1.54) is 19.4 Å². The second kappa shape index (κ2) is 5.55. The molecule has 0 bridgehead atoms. The summed E-state index contributed by atoms with van der Waals surface area (Å²) in [5.74, 6) is 0.742. The van der Waals surface area contributed by atoms with Crippen LogP contribution in [-0.2, 0) is 4.74 Å². The van der Waals surface area contributed by atoms with E-state index < -0.39 is 0 Å². The number of aromatic nitrogens is 1. The van der Waals surface area contributed by atoms with Crippen LogP contribution in [0.1, 0.15) is 18.4 Å². The molecule has 2 atom stereocenters. The van der Waals surface area contributed by atoms with E-state index in [-0.39, 0.29) is 6.10 Å². The van der Waals surface area contributed by atoms with Crippen LogP contribution >= 0.6 is 0 Å². The summed E-state index contributed by atoms with van der Waals surface area (Å²) in [6, 6.07) is 6.22. The molecule has 19 heavy (non-hydrogen) atoms. The van der Waals surface area contributed by atoms with E-state index in [0.717, 1.165) is 25.5 Å². The van der Waals surface area contributed by atoms with Gasteiger partial charge in [-0.05, 0) is 31.5 Å². The molecule has 2 unspecified atom stereocenters. The monoisotopic (exact) mass is 258 g/mol.